The molecule has 1 rings (SSSR count). The first kappa shape index (κ1) is 11.1. The van der Waals surface area contributed by atoms with Crippen LogP contribution in [0.1, 0.15) is 5.56 Å². The van der Waals surface area contributed by atoms with Gasteiger partial charge in [-0.05, 0) is 19.1 Å². The van der Waals surface area contributed by atoms with Gasteiger partial charge in [0.15, 0.2) is 0 Å². The molecule has 13 heavy (non-hydrogen) atoms. The zero-order chi connectivity index (χ0) is 10.1. The SMILES string of the molecule is Cc1ccc(S(=O)(=O)S(=O)I)cc1. The molecule has 0 fully saturated rings. The van der Waals surface area contributed by atoms with Crippen LogP contribution < -0.4 is 0 Å². The molecule has 0 aliphatic rings. The molecule has 0 saturated carbocycles. The molecule has 1 aromatic carbocycles. The van der Waals surface area contributed by atoms with Crippen LogP contribution in [0.5, 0.6) is 0 Å². The molecule has 1 aromatic rings. The van der Waals surface area contributed by atoms with Gasteiger partial charge < -0.3 is 0 Å². The van der Waals surface area contributed by atoms with E-state index < -0.39 is 15.9 Å². The van der Waals surface area contributed by atoms with Crippen molar-refractivity contribution >= 4 is 37.1 Å². The average Bonchev–Trinajstić information content (AvgIpc) is 2.04. The Kier molecular flexibility index (Phi) is 3.47. The van der Waals surface area contributed by atoms with E-state index in [0.717, 1.165) is 5.56 Å². The molecule has 0 amide bonds. The summed E-state index contributed by atoms with van der Waals surface area (Å²) >= 11 is 1.38. The minimum absolute atomic E-state index is 0.103. The van der Waals surface area contributed by atoms with Crippen LogP contribution in [0.4, 0.5) is 0 Å². The third-order valence-electron chi connectivity index (χ3n) is 1.48. The van der Waals surface area contributed by atoms with Gasteiger partial charge in [-0.15, -0.1) is 0 Å². The van der Waals surface area contributed by atoms with E-state index in [1.54, 1.807) is 12.1 Å². The van der Waals surface area contributed by atoms with E-state index >= 15 is 0 Å². The molecule has 0 aliphatic heterocycles. The van der Waals surface area contributed by atoms with Crippen molar-refractivity contribution in [1.82, 2.24) is 0 Å². The van der Waals surface area contributed by atoms with Crippen LogP contribution in [-0.4, -0.2) is 12.6 Å². The van der Waals surface area contributed by atoms with Crippen molar-refractivity contribution in [2.24, 2.45) is 0 Å². The number of hydrogen-bond donors (Lipinski definition) is 0. The average molecular weight is 330 g/mol. The summed E-state index contributed by atoms with van der Waals surface area (Å²) in [6, 6.07) is 6.27. The summed E-state index contributed by atoms with van der Waals surface area (Å²) < 4.78 is 33.5. The van der Waals surface area contributed by atoms with Gasteiger partial charge in [-0.1, -0.05) is 17.7 Å². The topological polar surface area (TPSA) is 51.2 Å². The summed E-state index contributed by atoms with van der Waals surface area (Å²) in [7, 11) is -5.53. The Morgan fingerprint density at radius 2 is 1.69 bits per heavy atom. The molecule has 0 radical (unpaired) electrons. The highest BCUT2D eigenvalue weighted by Crippen LogP contribution is 2.18. The van der Waals surface area contributed by atoms with Gasteiger partial charge in [-0.25, -0.2) is 12.6 Å². The molecular weight excluding hydrogens is 323 g/mol. The van der Waals surface area contributed by atoms with Gasteiger partial charge in [-0.3, -0.25) is 0 Å². The van der Waals surface area contributed by atoms with Gasteiger partial charge >= 0.3 is 0 Å². The molecule has 0 aromatic heterocycles. The third-order valence-corrected chi connectivity index (χ3v) is 8.55. The maximum atomic E-state index is 11.3. The standard InChI is InChI=1S/C7H7IO3S2/c1-6-2-4-7(5-3-6)13(10,11)12(8)9/h2-5H,1H3. The number of aryl methyl sites for hydroxylation is 1. The van der Waals surface area contributed by atoms with Crippen LogP contribution in [-0.2, 0) is 15.9 Å². The fourth-order valence-electron chi connectivity index (χ4n) is 0.781. The molecule has 1 atom stereocenters. The highest BCUT2D eigenvalue weighted by molar-refractivity contribution is 14.2. The molecule has 0 aliphatic carbocycles. The van der Waals surface area contributed by atoms with E-state index in [0.29, 0.717) is 0 Å². The lowest BCUT2D eigenvalue weighted by molar-refractivity contribution is 0.607. The maximum Gasteiger partial charge on any atom is 0.266 e. The van der Waals surface area contributed by atoms with E-state index in [1.165, 1.54) is 33.3 Å². The molecular formula is C7H7IO3S2. The Morgan fingerprint density at radius 3 is 2.08 bits per heavy atom. The Morgan fingerprint density at radius 1 is 1.23 bits per heavy atom. The second-order valence-corrected chi connectivity index (χ2v) is 10.6. The van der Waals surface area contributed by atoms with Crippen LogP contribution in [0, 0.1) is 6.92 Å². The molecule has 0 N–H and O–H groups in total. The maximum absolute atomic E-state index is 11.3. The van der Waals surface area contributed by atoms with Crippen LogP contribution in [0.2, 0.25) is 0 Å². The van der Waals surface area contributed by atoms with Crippen molar-refractivity contribution in [3.63, 3.8) is 0 Å². The van der Waals surface area contributed by atoms with Crippen LogP contribution in [0.15, 0.2) is 29.2 Å². The van der Waals surface area contributed by atoms with Crippen LogP contribution >= 0.6 is 21.2 Å². The lowest BCUT2D eigenvalue weighted by Crippen LogP contribution is -2.02. The van der Waals surface area contributed by atoms with E-state index in [1.807, 2.05) is 6.92 Å². The van der Waals surface area contributed by atoms with Crippen molar-refractivity contribution in [3.05, 3.63) is 29.8 Å². The smallest absolute Gasteiger partial charge is 0.231 e. The second kappa shape index (κ2) is 4.05. The predicted octanol–water partition coefficient (Wildman–Crippen LogP) is 1.78. The quantitative estimate of drug-likeness (QED) is 0.472. The summed E-state index contributed by atoms with van der Waals surface area (Å²) in [4.78, 5) is 0.103. The Bertz CT molecular complexity index is 422. The molecule has 0 saturated heterocycles. The predicted molar refractivity (Wildman–Crippen MR) is 60.5 cm³/mol. The van der Waals surface area contributed by atoms with E-state index in [-0.39, 0.29) is 4.90 Å². The van der Waals surface area contributed by atoms with Gasteiger partial charge in [0.2, 0.25) is 7.00 Å². The Hall–Kier alpha value is 0.0500. The van der Waals surface area contributed by atoms with E-state index in [2.05, 4.69) is 0 Å². The van der Waals surface area contributed by atoms with Gasteiger partial charge in [0, 0.05) is 0 Å². The minimum Gasteiger partial charge on any atom is -0.231 e. The van der Waals surface area contributed by atoms with Crippen molar-refractivity contribution < 1.29 is 12.6 Å². The zero-order valence-electron chi connectivity index (χ0n) is 6.73. The number of rotatable bonds is 2. The van der Waals surface area contributed by atoms with Crippen LogP contribution in [0.25, 0.3) is 0 Å². The lowest BCUT2D eigenvalue weighted by Gasteiger charge is -1.98. The van der Waals surface area contributed by atoms with Gasteiger partial charge in [0.1, 0.15) is 0 Å². The first-order valence-corrected chi connectivity index (χ1v) is 9.04. The molecule has 3 nitrogen and oxygen atoms in total. The number of benzene rings is 1. The van der Waals surface area contributed by atoms with Crippen LogP contribution in [0.3, 0.4) is 0 Å². The van der Waals surface area contributed by atoms with E-state index in [9.17, 15) is 12.6 Å². The van der Waals surface area contributed by atoms with Crippen molar-refractivity contribution in [2.45, 2.75) is 11.8 Å². The van der Waals surface area contributed by atoms with Gasteiger partial charge in [-0.2, -0.15) is 0 Å². The zero-order valence-corrected chi connectivity index (χ0v) is 10.5. The molecule has 6 heteroatoms. The molecule has 72 valence electrons. The lowest BCUT2D eigenvalue weighted by atomic mass is 10.2. The van der Waals surface area contributed by atoms with Crippen molar-refractivity contribution in [2.75, 3.05) is 0 Å². The molecule has 0 spiro atoms. The summed E-state index contributed by atoms with van der Waals surface area (Å²) in [5.74, 6) is 0. The summed E-state index contributed by atoms with van der Waals surface area (Å²) in [6.45, 7) is 1.86. The normalized spacial score (nSPS) is 14.0. The Balaban J connectivity index is 3.25. The highest BCUT2D eigenvalue weighted by Gasteiger charge is 2.19. The van der Waals surface area contributed by atoms with E-state index in [4.69, 9.17) is 0 Å². The highest BCUT2D eigenvalue weighted by atomic mass is 127. The van der Waals surface area contributed by atoms with Gasteiger partial charge in [0.25, 0.3) is 8.87 Å². The first-order chi connectivity index (χ1) is 5.94. The monoisotopic (exact) mass is 330 g/mol. The fourth-order valence-corrected chi connectivity index (χ4v) is 4.06. The summed E-state index contributed by atoms with van der Waals surface area (Å²) in [6.07, 6.45) is 0. The fraction of sp³-hybridized carbons (Fsp3) is 0.143. The molecule has 0 bridgehead atoms. The first-order valence-electron chi connectivity index (χ1n) is 3.35. The number of halogens is 1. The minimum atomic E-state index is -3.63. The van der Waals surface area contributed by atoms with Gasteiger partial charge in [0.05, 0.1) is 26.1 Å². The third kappa shape index (κ3) is 2.50. The largest absolute Gasteiger partial charge is 0.266 e. The van der Waals surface area contributed by atoms with Crippen molar-refractivity contribution in [3.8, 4) is 0 Å². The molecule has 0 heterocycles. The number of hydrogen-bond acceptors (Lipinski definition) is 3. The van der Waals surface area contributed by atoms with Crippen molar-refractivity contribution in [1.29, 1.82) is 0 Å². The second-order valence-electron chi connectivity index (χ2n) is 2.46. The summed E-state index contributed by atoms with van der Waals surface area (Å²) in [5, 5.41) is 0. The Labute approximate surface area is 90.9 Å². The summed E-state index contributed by atoms with van der Waals surface area (Å²) in [5.41, 5.74) is 0.971. The molecule has 1 unspecified atom stereocenters.